The maximum absolute atomic E-state index is 11.6. The molecule has 0 rings (SSSR count). The van der Waals surface area contributed by atoms with E-state index in [1.165, 1.54) is 0 Å². The lowest BCUT2D eigenvalue weighted by molar-refractivity contribution is -0.316. The van der Waals surface area contributed by atoms with Gasteiger partial charge in [0.15, 0.2) is 5.92 Å². The molecule has 14 heavy (non-hydrogen) atoms. The number of rotatable bonds is 2. The first-order valence-electron chi connectivity index (χ1n) is 3.07. The number of aliphatic hydroxyl groups is 1. The van der Waals surface area contributed by atoms with Gasteiger partial charge in [-0.15, -0.1) is 0 Å². The van der Waals surface area contributed by atoms with Crippen LogP contribution in [0.5, 0.6) is 0 Å². The SMILES string of the molecule is OC(C(F)F)C(C(F)(F)F)C(F)(F)F. The van der Waals surface area contributed by atoms with Gasteiger partial charge in [-0.05, 0) is 0 Å². The van der Waals surface area contributed by atoms with Gasteiger partial charge in [0.05, 0.1) is 0 Å². The monoisotopic (exact) mass is 232 g/mol. The standard InChI is InChI=1S/C5H4F8O/c6-3(7)1(14)2(4(8,9)10)5(11,12)13/h1-3,14H. The second-order valence-electron chi connectivity index (χ2n) is 2.39. The summed E-state index contributed by atoms with van der Waals surface area (Å²) in [6, 6.07) is 0. The molecule has 0 fully saturated rings. The van der Waals surface area contributed by atoms with E-state index < -0.39 is 30.8 Å². The Kier molecular flexibility index (Phi) is 3.71. The summed E-state index contributed by atoms with van der Waals surface area (Å²) in [5.41, 5.74) is 0. The van der Waals surface area contributed by atoms with E-state index in [-0.39, 0.29) is 0 Å². The first kappa shape index (κ1) is 13.4. The van der Waals surface area contributed by atoms with Gasteiger partial charge in [-0.2, -0.15) is 26.3 Å². The maximum atomic E-state index is 11.6. The molecule has 9 heteroatoms. The van der Waals surface area contributed by atoms with Crippen LogP contribution in [0.4, 0.5) is 35.1 Å². The molecule has 1 atom stereocenters. The van der Waals surface area contributed by atoms with Gasteiger partial charge in [-0.3, -0.25) is 0 Å². The van der Waals surface area contributed by atoms with Crippen LogP contribution in [0.15, 0.2) is 0 Å². The van der Waals surface area contributed by atoms with E-state index in [1.54, 1.807) is 0 Å². The normalized spacial score (nSPS) is 16.5. The van der Waals surface area contributed by atoms with Gasteiger partial charge in [0.25, 0.3) is 6.43 Å². The molecular weight excluding hydrogens is 228 g/mol. The van der Waals surface area contributed by atoms with Crippen LogP contribution in [0.2, 0.25) is 0 Å². The second kappa shape index (κ2) is 3.87. The average molecular weight is 232 g/mol. The molecule has 0 spiro atoms. The van der Waals surface area contributed by atoms with Crippen LogP contribution >= 0.6 is 0 Å². The summed E-state index contributed by atoms with van der Waals surface area (Å²) < 4.78 is 92.7. The fraction of sp³-hybridized carbons (Fsp3) is 1.00. The molecule has 0 saturated carbocycles. The third-order valence-corrected chi connectivity index (χ3v) is 1.30. The number of hydrogen-bond donors (Lipinski definition) is 1. The van der Waals surface area contributed by atoms with Crippen molar-refractivity contribution in [3.8, 4) is 0 Å². The molecular formula is C5H4F8O. The number of aliphatic hydroxyl groups excluding tert-OH is 1. The summed E-state index contributed by atoms with van der Waals surface area (Å²) in [6.45, 7) is 0. The third kappa shape index (κ3) is 3.28. The van der Waals surface area contributed by atoms with Gasteiger partial charge >= 0.3 is 12.4 Å². The van der Waals surface area contributed by atoms with E-state index in [2.05, 4.69) is 0 Å². The van der Waals surface area contributed by atoms with E-state index in [0.717, 1.165) is 0 Å². The molecule has 1 N–H and O–H groups in total. The van der Waals surface area contributed by atoms with Gasteiger partial charge in [-0.25, -0.2) is 8.78 Å². The Hall–Kier alpha value is -0.600. The fourth-order valence-electron chi connectivity index (χ4n) is 0.718. The number of alkyl halides is 8. The zero-order valence-electron chi connectivity index (χ0n) is 6.20. The molecule has 0 aromatic carbocycles. The highest BCUT2D eigenvalue weighted by molar-refractivity contribution is 4.83. The summed E-state index contributed by atoms with van der Waals surface area (Å²) in [5.74, 6) is -4.42. The van der Waals surface area contributed by atoms with Gasteiger partial charge in [0.2, 0.25) is 0 Å². The van der Waals surface area contributed by atoms with Gasteiger partial charge in [-0.1, -0.05) is 0 Å². The summed E-state index contributed by atoms with van der Waals surface area (Å²) >= 11 is 0. The first-order valence-corrected chi connectivity index (χ1v) is 3.07. The molecule has 0 heterocycles. The zero-order chi connectivity index (χ0) is 11.7. The Balaban J connectivity index is 4.94. The predicted octanol–water partition coefficient (Wildman–Crippen LogP) is 2.35. The second-order valence-corrected chi connectivity index (χ2v) is 2.39. The van der Waals surface area contributed by atoms with Crippen molar-refractivity contribution in [2.24, 2.45) is 5.92 Å². The maximum Gasteiger partial charge on any atom is 0.403 e. The van der Waals surface area contributed by atoms with Crippen LogP contribution in [-0.4, -0.2) is 30.0 Å². The van der Waals surface area contributed by atoms with E-state index in [4.69, 9.17) is 5.11 Å². The minimum absolute atomic E-state index is 3.80. The van der Waals surface area contributed by atoms with Crippen molar-refractivity contribution in [1.82, 2.24) is 0 Å². The van der Waals surface area contributed by atoms with E-state index in [0.29, 0.717) is 0 Å². The Morgan fingerprint density at radius 2 is 1.07 bits per heavy atom. The highest BCUT2D eigenvalue weighted by Crippen LogP contribution is 2.42. The zero-order valence-corrected chi connectivity index (χ0v) is 6.20. The highest BCUT2D eigenvalue weighted by Gasteiger charge is 2.62. The molecule has 0 aliphatic rings. The molecule has 86 valence electrons. The molecule has 1 nitrogen and oxygen atoms in total. The molecule has 0 amide bonds. The minimum atomic E-state index is -5.95. The lowest BCUT2D eigenvalue weighted by atomic mass is 10.0. The molecule has 0 aliphatic heterocycles. The molecule has 0 bridgehead atoms. The van der Waals surface area contributed by atoms with Gasteiger partial charge < -0.3 is 5.11 Å². The summed E-state index contributed by atoms with van der Waals surface area (Å²) in [7, 11) is 0. The lowest BCUT2D eigenvalue weighted by Crippen LogP contribution is -2.47. The predicted molar refractivity (Wildman–Crippen MR) is 27.6 cm³/mol. The summed E-state index contributed by atoms with van der Waals surface area (Å²) in [6.07, 6.45) is -19.8. The van der Waals surface area contributed by atoms with E-state index >= 15 is 0 Å². The van der Waals surface area contributed by atoms with Gasteiger partial charge in [0, 0.05) is 0 Å². The Morgan fingerprint density at radius 1 is 0.786 bits per heavy atom. The minimum Gasteiger partial charge on any atom is -0.386 e. The van der Waals surface area contributed by atoms with Crippen LogP contribution in [-0.2, 0) is 0 Å². The molecule has 0 aromatic heterocycles. The molecule has 0 radical (unpaired) electrons. The Labute approximate surface area is 72.3 Å². The molecule has 0 aliphatic carbocycles. The van der Waals surface area contributed by atoms with Crippen LogP contribution in [0.1, 0.15) is 0 Å². The van der Waals surface area contributed by atoms with Crippen LogP contribution < -0.4 is 0 Å². The molecule has 0 aromatic rings. The topological polar surface area (TPSA) is 20.2 Å². The summed E-state index contributed by atoms with van der Waals surface area (Å²) in [4.78, 5) is 0. The van der Waals surface area contributed by atoms with Crippen molar-refractivity contribution in [3.63, 3.8) is 0 Å². The average Bonchev–Trinajstić information content (AvgIpc) is 1.79. The third-order valence-electron chi connectivity index (χ3n) is 1.30. The van der Waals surface area contributed by atoms with Crippen LogP contribution in [0, 0.1) is 5.92 Å². The molecule has 1 unspecified atom stereocenters. The largest absolute Gasteiger partial charge is 0.403 e. The van der Waals surface area contributed by atoms with Crippen molar-refractivity contribution in [2.45, 2.75) is 24.9 Å². The van der Waals surface area contributed by atoms with Crippen molar-refractivity contribution < 1.29 is 40.2 Å². The van der Waals surface area contributed by atoms with Crippen molar-refractivity contribution in [1.29, 1.82) is 0 Å². The summed E-state index contributed by atoms with van der Waals surface area (Å²) in [5, 5.41) is 8.07. The Morgan fingerprint density at radius 3 is 1.14 bits per heavy atom. The Bertz CT molecular complexity index is 167. The first-order chi connectivity index (χ1) is 5.98. The van der Waals surface area contributed by atoms with Crippen LogP contribution in [0.25, 0.3) is 0 Å². The van der Waals surface area contributed by atoms with E-state index in [1.807, 2.05) is 0 Å². The van der Waals surface area contributed by atoms with E-state index in [9.17, 15) is 35.1 Å². The number of hydrogen-bond acceptors (Lipinski definition) is 1. The quantitative estimate of drug-likeness (QED) is 0.724. The van der Waals surface area contributed by atoms with Crippen molar-refractivity contribution >= 4 is 0 Å². The fourth-order valence-corrected chi connectivity index (χ4v) is 0.718. The van der Waals surface area contributed by atoms with Crippen LogP contribution in [0.3, 0.4) is 0 Å². The highest BCUT2D eigenvalue weighted by atomic mass is 19.4. The lowest BCUT2D eigenvalue weighted by Gasteiger charge is -2.26. The van der Waals surface area contributed by atoms with Crippen molar-refractivity contribution in [2.75, 3.05) is 0 Å². The smallest absolute Gasteiger partial charge is 0.386 e. The number of halogens is 8. The molecule has 0 saturated heterocycles. The van der Waals surface area contributed by atoms with Crippen molar-refractivity contribution in [3.05, 3.63) is 0 Å². The van der Waals surface area contributed by atoms with Gasteiger partial charge in [0.1, 0.15) is 6.10 Å².